The number of hydrogen-bond acceptors (Lipinski definition) is 3. The molecular formula is C21H22N2O. The highest BCUT2D eigenvalue weighted by atomic mass is 16.3. The lowest BCUT2D eigenvalue weighted by Crippen LogP contribution is -2.10. The lowest BCUT2D eigenvalue weighted by molar-refractivity contribution is 0.402. The van der Waals surface area contributed by atoms with E-state index in [-0.39, 0.29) is 5.75 Å². The van der Waals surface area contributed by atoms with Crippen LogP contribution in [0.5, 0.6) is 5.75 Å². The zero-order chi connectivity index (χ0) is 16.9. The van der Waals surface area contributed by atoms with Crippen molar-refractivity contribution < 1.29 is 5.11 Å². The van der Waals surface area contributed by atoms with Gasteiger partial charge >= 0.3 is 0 Å². The molecule has 3 aromatic rings. The van der Waals surface area contributed by atoms with Gasteiger partial charge in [0.05, 0.1) is 6.54 Å². The molecular weight excluding hydrogens is 296 g/mol. The molecule has 0 aromatic heterocycles. The van der Waals surface area contributed by atoms with Gasteiger partial charge in [0.15, 0.2) is 0 Å². The predicted octanol–water partition coefficient (Wildman–Crippen LogP) is 4.23. The van der Waals surface area contributed by atoms with E-state index < -0.39 is 0 Å². The minimum Gasteiger partial charge on any atom is -0.507 e. The number of benzene rings is 3. The van der Waals surface area contributed by atoms with Crippen molar-refractivity contribution in [1.29, 1.82) is 0 Å². The van der Waals surface area contributed by atoms with E-state index in [1.165, 1.54) is 5.56 Å². The summed E-state index contributed by atoms with van der Waals surface area (Å²) in [5.74, 6) is 0.263. The van der Waals surface area contributed by atoms with Gasteiger partial charge in [-0.1, -0.05) is 54.6 Å². The van der Waals surface area contributed by atoms with E-state index in [1.54, 1.807) is 12.3 Å². The zero-order valence-electron chi connectivity index (χ0n) is 14.1. The van der Waals surface area contributed by atoms with Crippen molar-refractivity contribution in [3.05, 3.63) is 77.4 Å². The summed E-state index contributed by atoms with van der Waals surface area (Å²) in [5, 5.41) is 12.2. The summed E-state index contributed by atoms with van der Waals surface area (Å²) in [6, 6.07) is 20.2. The van der Waals surface area contributed by atoms with Gasteiger partial charge in [-0.3, -0.25) is 4.99 Å². The van der Waals surface area contributed by atoms with Crippen LogP contribution in [0.1, 0.15) is 16.7 Å². The summed E-state index contributed by atoms with van der Waals surface area (Å²) < 4.78 is 0. The average molecular weight is 318 g/mol. The first-order valence-electron chi connectivity index (χ1n) is 8.06. The predicted molar refractivity (Wildman–Crippen MR) is 101 cm³/mol. The molecule has 0 saturated heterocycles. The fourth-order valence-electron chi connectivity index (χ4n) is 2.78. The van der Waals surface area contributed by atoms with Crippen molar-refractivity contribution in [3.8, 4) is 5.75 Å². The van der Waals surface area contributed by atoms with Gasteiger partial charge in [0.25, 0.3) is 0 Å². The Balaban J connectivity index is 1.76. The van der Waals surface area contributed by atoms with Crippen LogP contribution in [0.3, 0.4) is 0 Å². The van der Waals surface area contributed by atoms with Crippen LogP contribution in [-0.4, -0.2) is 30.3 Å². The minimum atomic E-state index is 0.263. The molecule has 0 radical (unpaired) electrons. The Bertz CT molecular complexity index is 851. The first-order chi connectivity index (χ1) is 11.6. The Labute approximate surface area is 142 Å². The van der Waals surface area contributed by atoms with E-state index in [0.29, 0.717) is 6.54 Å². The van der Waals surface area contributed by atoms with E-state index in [9.17, 15) is 5.11 Å². The molecule has 0 bridgehead atoms. The number of phenols is 1. The molecule has 1 N–H and O–H groups in total. The Hall–Kier alpha value is -2.65. The van der Waals surface area contributed by atoms with Crippen LogP contribution in [0.25, 0.3) is 10.8 Å². The van der Waals surface area contributed by atoms with Crippen LogP contribution in [0.4, 0.5) is 0 Å². The van der Waals surface area contributed by atoms with Crippen molar-refractivity contribution >= 4 is 17.0 Å². The summed E-state index contributed by atoms with van der Waals surface area (Å²) in [7, 11) is 4.13. The lowest BCUT2D eigenvalue weighted by atomic mass is 10.0. The van der Waals surface area contributed by atoms with E-state index in [4.69, 9.17) is 0 Å². The van der Waals surface area contributed by atoms with Crippen LogP contribution in [0.15, 0.2) is 65.7 Å². The molecule has 0 aliphatic rings. The van der Waals surface area contributed by atoms with Crippen LogP contribution in [0, 0.1) is 0 Å². The second-order valence-corrected chi connectivity index (χ2v) is 6.24. The highest BCUT2D eigenvalue weighted by Gasteiger charge is 2.04. The molecule has 122 valence electrons. The topological polar surface area (TPSA) is 35.8 Å². The van der Waals surface area contributed by atoms with Gasteiger partial charge < -0.3 is 10.0 Å². The number of phenolic OH excluding ortho intramolecular Hbond substituents is 1. The Kier molecular flexibility index (Phi) is 4.92. The number of aliphatic imine (C=N–C) groups is 1. The normalized spacial score (nSPS) is 11.6. The Morgan fingerprint density at radius 2 is 1.62 bits per heavy atom. The number of fused-ring (bicyclic) bond motifs is 1. The lowest BCUT2D eigenvalue weighted by Gasteiger charge is -2.09. The van der Waals surface area contributed by atoms with Crippen LogP contribution < -0.4 is 0 Å². The zero-order valence-corrected chi connectivity index (χ0v) is 14.1. The molecule has 0 spiro atoms. The second kappa shape index (κ2) is 7.28. The van der Waals surface area contributed by atoms with Crippen molar-refractivity contribution in [2.75, 3.05) is 14.1 Å². The van der Waals surface area contributed by atoms with E-state index in [0.717, 1.165) is 28.4 Å². The van der Waals surface area contributed by atoms with Gasteiger partial charge in [0, 0.05) is 18.3 Å². The van der Waals surface area contributed by atoms with Gasteiger partial charge in [-0.25, -0.2) is 0 Å². The Morgan fingerprint density at radius 1 is 0.917 bits per heavy atom. The number of aromatic hydroxyl groups is 1. The highest BCUT2D eigenvalue weighted by molar-refractivity contribution is 6.02. The van der Waals surface area contributed by atoms with Gasteiger partial charge in [-0.15, -0.1) is 0 Å². The van der Waals surface area contributed by atoms with Gasteiger partial charge in [-0.05, 0) is 42.1 Å². The number of nitrogens with zero attached hydrogens (tertiary/aromatic N) is 2. The maximum atomic E-state index is 10.1. The quantitative estimate of drug-likeness (QED) is 0.715. The average Bonchev–Trinajstić information content (AvgIpc) is 2.58. The molecule has 0 heterocycles. The van der Waals surface area contributed by atoms with Crippen molar-refractivity contribution in [2.24, 2.45) is 4.99 Å². The molecule has 3 heteroatoms. The maximum absolute atomic E-state index is 10.1. The van der Waals surface area contributed by atoms with E-state index in [2.05, 4.69) is 48.3 Å². The molecule has 0 atom stereocenters. The molecule has 24 heavy (non-hydrogen) atoms. The standard InChI is InChI=1S/C21H22N2O/c1-23(2)15-17-9-7-16(8-10-17)13-22-14-20-19-6-4-3-5-18(19)11-12-21(20)24/h3-12,14,24H,13,15H2,1-2H3. The first kappa shape index (κ1) is 16.2. The summed E-state index contributed by atoms with van der Waals surface area (Å²) >= 11 is 0. The maximum Gasteiger partial charge on any atom is 0.124 e. The Morgan fingerprint density at radius 3 is 2.38 bits per heavy atom. The third kappa shape index (κ3) is 3.81. The van der Waals surface area contributed by atoms with Gasteiger partial charge in [0.1, 0.15) is 5.75 Å². The van der Waals surface area contributed by atoms with E-state index in [1.807, 2.05) is 30.3 Å². The third-order valence-corrected chi connectivity index (χ3v) is 3.96. The van der Waals surface area contributed by atoms with Crippen LogP contribution in [-0.2, 0) is 13.1 Å². The van der Waals surface area contributed by atoms with Crippen molar-refractivity contribution in [2.45, 2.75) is 13.1 Å². The molecule has 0 saturated carbocycles. The number of rotatable bonds is 5. The largest absolute Gasteiger partial charge is 0.507 e. The summed E-state index contributed by atoms with van der Waals surface area (Å²) in [4.78, 5) is 6.67. The van der Waals surface area contributed by atoms with Crippen molar-refractivity contribution in [1.82, 2.24) is 4.90 Å². The smallest absolute Gasteiger partial charge is 0.124 e. The molecule has 0 amide bonds. The molecule has 0 aliphatic carbocycles. The molecule has 3 rings (SSSR count). The molecule has 3 nitrogen and oxygen atoms in total. The monoisotopic (exact) mass is 318 g/mol. The summed E-state index contributed by atoms with van der Waals surface area (Å²) in [6.07, 6.45) is 1.77. The summed E-state index contributed by atoms with van der Waals surface area (Å²) in [5.41, 5.74) is 3.23. The van der Waals surface area contributed by atoms with E-state index >= 15 is 0 Å². The van der Waals surface area contributed by atoms with Crippen molar-refractivity contribution in [3.63, 3.8) is 0 Å². The third-order valence-electron chi connectivity index (χ3n) is 3.96. The molecule has 0 fully saturated rings. The van der Waals surface area contributed by atoms with Gasteiger partial charge in [-0.2, -0.15) is 0 Å². The summed E-state index contributed by atoms with van der Waals surface area (Å²) in [6.45, 7) is 1.54. The fraction of sp³-hybridized carbons (Fsp3) is 0.190. The molecule has 0 aliphatic heterocycles. The van der Waals surface area contributed by atoms with Gasteiger partial charge in [0.2, 0.25) is 0 Å². The first-order valence-corrected chi connectivity index (χ1v) is 8.06. The second-order valence-electron chi connectivity index (χ2n) is 6.24. The highest BCUT2D eigenvalue weighted by Crippen LogP contribution is 2.25. The molecule has 3 aromatic carbocycles. The van der Waals surface area contributed by atoms with Crippen LogP contribution in [0.2, 0.25) is 0 Å². The SMILES string of the molecule is CN(C)Cc1ccc(CN=Cc2c(O)ccc3ccccc23)cc1. The minimum absolute atomic E-state index is 0.263. The molecule has 0 unspecified atom stereocenters. The van der Waals surface area contributed by atoms with Crippen LogP contribution >= 0.6 is 0 Å². The fourth-order valence-corrected chi connectivity index (χ4v) is 2.78. The number of hydrogen-bond donors (Lipinski definition) is 1.